The van der Waals surface area contributed by atoms with E-state index in [1.165, 1.54) is 21.2 Å². The minimum atomic E-state index is -4.11. The van der Waals surface area contributed by atoms with Crippen molar-refractivity contribution in [1.29, 1.82) is 0 Å². The number of nitrogens with one attached hydrogen (secondary N) is 1. The Hall–Kier alpha value is -1.66. The second-order valence-corrected chi connectivity index (χ2v) is 12.7. The van der Waals surface area contributed by atoms with E-state index >= 15 is 0 Å². The molecule has 1 saturated heterocycles. The van der Waals surface area contributed by atoms with Crippen LogP contribution in [0.2, 0.25) is 5.82 Å². The van der Waals surface area contributed by atoms with Gasteiger partial charge in [0.15, 0.2) is 5.54 Å². The third-order valence-electron chi connectivity index (χ3n) is 6.40. The second-order valence-electron chi connectivity index (χ2n) is 10.8. The lowest BCUT2D eigenvalue weighted by atomic mass is 9.60. The summed E-state index contributed by atoms with van der Waals surface area (Å²) in [4.78, 5) is 13.9. The van der Waals surface area contributed by atoms with Crippen molar-refractivity contribution in [2.75, 3.05) is 21.2 Å². The van der Waals surface area contributed by atoms with E-state index in [1.54, 1.807) is 52.0 Å². The molecule has 0 aromatic heterocycles. The summed E-state index contributed by atoms with van der Waals surface area (Å²) in [5, 5.41) is 0. The van der Waals surface area contributed by atoms with Crippen LogP contribution in [0.1, 0.15) is 61.0 Å². The standard InChI is InChI=1S/C23H39BN2O7S/c1-16(24-32-21(5,6)22(7,8)33-24)23(19(27)31-20(2,3)4,25-34(28,29)26(9)10)17-12-14-18(30-11)15-13-17/h12-16,25H,1-11H3/t16-,23+/m1/s1. The smallest absolute Gasteiger partial charge is 0.463 e. The summed E-state index contributed by atoms with van der Waals surface area (Å²) in [6.45, 7) is 14.5. The predicted molar refractivity (Wildman–Crippen MR) is 132 cm³/mol. The summed E-state index contributed by atoms with van der Waals surface area (Å²) in [6, 6.07) is 6.61. The molecule has 0 unspecified atom stereocenters. The Kier molecular flexibility index (Phi) is 7.92. The molecule has 0 spiro atoms. The molecule has 1 aromatic rings. The van der Waals surface area contributed by atoms with E-state index < -0.39 is 51.5 Å². The van der Waals surface area contributed by atoms with Crippen molar-refractivity contribution in [2.24, 2.45) is 0 Å². The molecule has 0 amide bonds. The zero-order valence-corrected chi connectivity index (χ0v) is 23.0. The molecule has 1 heterocycles. The van der Waals surface area contributed by atoms with E-state index in [9.17, 15) is 13.2 Å². The first kappa shape index (κ1) is 28.6. The first-order valence-corrected chi connectivity index (χ1v) is 12.7. The molecule has 9 nitrogen and oxygen atoms in total. The monoisotopic (exact) mass is 498 g/mol. The first-order valence-electron chi connectivity index (χ1n) is 11.2. The number of benzene rings is 1. The Labute approximate surface area is 204 Å². The van der Waals surface area contributed by atoms with Gasteiger partial charge in [-0.15, -0.1) is 0 Å². The van der Waals surface area contributed by atoms with E-state index in [0.29, 0.717) is 11.3 Å². The molecule has 11 heteroatoms. The van der Waals surface area contributed by atoms with E-state index in [-0.39, 0.29) is 0 Å². The van der Waals surface area contributed by atoms with E-state index in [2.05, 4.69) is 4.72 Å². The summed E-state index contributed by atoms with van der Waals surface area (Å²) in [6.07, 6.45) is 0. The molecular formula is C23H39BN2O7S. The van der Waals surface area contributed by atoms with Crippen molar-refractivity contribution in [3.05, 3.63) is 29.8 Å². The van der Waals surface area contributed by atoms with Gasteiger partial charge in [0.25, 0.3) is 10.2 Å². The van der Waals surface area contributed by atoms with Crippen molar-refractivity contribution in [3.8, 4) is 5.75 Å². The summed E-state index contributed by atoms with van der Waals surface area (Å²) >= 11 is 0. The van der Waals surface area contributed by atoms with E-state index in [4.69, 9.17) is 18.8 Å². The van der Waals surface area contributed by atoms with Gasteiger partial charge in [0.1, 0.15) is 11.4 Å². The summed E-state index contributed by atoms with van der Waals surface area (Å²) < 4.78 is 53.6. The molecule has 34 heavy (non-hydrogen) atoms. The van der Waals surface area contributed by atoms with Gasteiger partial charge in [0.05, 0.1) is 18.3 Å². The number of esters is 1. The fourth-order valence-electron chi connectivity index (χ4n) is 3.56. The molecule has 2 rings (SSSR count). The average molecular weight is 498 g/mol. The molecule has 1 aliphatic rings. The maximum absolute atomic E-state index is 13.9. The Morgan fingerprint density at radius 1 is 1.06 bits per heavy atom. The maximum atomic E-state index is 13.9. The van der Waals surface area contributed by atoms with Crippen molar-refractivity contribution in [3.63, 3.8) is 0 Å². The topological polar surface area (TPSA) is 103 Å². The van der Waals surface area contributed by atoms with Crippen LogP contribution < -0.4 is 9.46 Å². The second kappa shape index (κ2) is 9.42. The predicted octanol–water partition coefficient (Wildman–Crippen LogP) is 3.11. The number of carbonyl (C=O) groups is 1. The van der Waals surface area contributed by atoms with Crippen molar-refractivity contribution >= 4 is 23.3 Å². The van der Waals surface area contributed by atoms with Crippen molar-refractivity contribution < 1.29 is 32.0 Å². The van der Waals surface area contributed by atoms with Gasteiger partial charge >= 0.3 is 13.1 Å². The lowest BCUT2D eigenvalue weighted by Crippen LogP contribution is -2.60. The molecule has 1 aliphatic heterocycles. The third kappa shape index (κ3) is 5.59. The normalized spacial score (nSPS) is 20.6. The molecule has 0 aliphatic carbocycles. The Morgan fingerprint density at radius 2 is 1.53 bits per heavy atom. The van der Waals surface area contributed by atoms with Crippen molar-refractivity contribution in [1.82, 2.24) is 9.03 Å². The van der Waals surface area contributed by atoms with Crippen LogP contribution in [-0.2, 0) is 34.6 Å². The van der Waals surface area contributed by atoms with Gasteiger partial charge in [-0.25, -0.2) is 4.79 Å². The number of rotatable bonds is 8. The number of carbonyl (C=O) groups excluding carboxylic acids is 1. The highest BCUT2D eigenvalue weighted by molar-refractivity contribution is 7.87. The van der Waals surface area contributed by atoms with Gasteiger partial charge in [0.2, 0.25) is 0 Å². The van der Waals surface area contributed by atoms with E-state index in [1.807, 2.05) is 27.7 Å². The molecule has 1 aromatic carbocycles. The molecule has 0 saturated carbocycles. The summed E-state index contributed by atoms with van der Waals surface area (Å²) in [5.74, 6) is -1.04. The summed E-state index contributed by atoms with van der Waals surface area (Å²) in [7, 11) is -0.730. The van der Waals surface area contributed by atoms with Crippen LogP contribution in [0.3, 0.4) is 0 Å². The van der Waals surface area contributed by atoms with Gasteiger partial charge in [-0.1, -0.05) is 19.1 Å². The number of ether oxygens (including phenoxy) is 2. The SMILES string of the molecule is COc1ccc([C@](NS(=O)(=O)N(C)C)(C(=O)OC(C)(C)C)[C@@H](C)B2OC(C)(C)C(C)(C)O2)cc1. The highest BCUT2D eigenvalue weighted by Crippen LogP contribution is 2.47. The van der Waals surface area contributed by atoms with Gasteiger partial charge in [0, 0.05) is 19.9 Å². The van der Waals surface area contributed by atoms with Crippen LogP contribution >= 0.6 is 0 Å². The lowest BCUT2D eigenvalue weighted by molar-refractivity contribution is -0.163. The highest BCUT2D eigenvalue weighted by Gasteiger charge is 2.61. The largest absolute Gasteiger partial charge is 0.497 e. The first-order chi connectivity index (χ1) is 15.3. The quantitative estimate of drug-likeness (QED) is 0.434. The molecule has 1 fully saturated rings. The number of hydrogen-bond donors (Lipinski definition) is 1. The highest BCUT2D eigenvalue weighted by atomic mass is 32.2. The number of hydrogen-bond acceptors (Lipinski definition) is 7. The van der Waals surface area contributed by atoms with Crippen LogP contribution in [0, 0.1) is 0 Å². The van der Waals surface area contributed by atoms with Crippen LogP contribution in [0.25, 0.3) is 0 Å². The number of nitrogens with zero attached hydrogens (tertiary/aromatic N) is 1. The molecule has 1 N–H and O–H groups in total. The molecule has 2 atom stereocenters. The van der Waals surface area contributed by atoms with Crippen LogP contribution in [0.4, 0.5) is 0 Å². The Bertz CT molecular complexity index is 972. The van der Waals surface area contributed by atoms with Crippen LogP contribution in [-0.4, -0.2) is 63.8 Å². The molecule has 0 bridgehead atoms. The maximum Gasteiger partial charge on any atom is 0.463 e. The average Bonchev–Trinajstić information content (AvgIpc) is 2.91. The van der Waals surface area contributed by atoms with Crippen LogP contribution in [0.15, 0.2) is 24.3 Å². The molecular weight excluding hydrogens is 459 g/mol. The minimum Gasteiger partial charge on any atom is -0.497 e. The zero-order valence-electron chi connectivity index (χ0n) is 22.2. The Balaban J connectivity index is 2.79. The third-order valence-corrected chi connectivity index (χ3v) is 7.94. The molecule has 192 valence electrons. The minimum absolute atomic E-state index is 0.371. The Morgan fingerprint density at radius 3 is 1.91 bits per heavy atom. The lowest BCUT2D eigenvalue weighted by Gasteiger charge is -2.40. The van der Waals surface area contributed by atoms with Crippen molar-refractivity contribution in [2.45, 2.75) is 83.5 Å². The summed E-state index contributed by atoms with van der Waals surface area (Å²) in [5.41, 5.74) is -3.76. The zero-order chi connectivity index (χ0) is 26.3. The van der Waals surface area contributed by atoms with E-state index in [0.717, 1.165) is 4.31 Å². The van der Waals surface area contributed by atoms with Gasteiger partial charge in [-0.05, 0) is 66.2 Å². The molecule has 0 radical (unpaired) electrons. The van der Waals surface area contributed by atoms with Gasteiger partial charge in [-0.3, -0.25) is 0 Å². The van der Waals surface area contributed by atoms with Gasteiger partial charge < -0.3 is 18.8 Å². The van der Waals surface area contributed by atoms with Crippen LogP contribution in [0.5, 0.6) is 5.75 Å². The fraction of sp³-hybridized carbons (Fsp3) is 0.696. The fourth-order valence-corrected chi connectivity index (χ4v) is 4.54. The number of methoxy groups -OCH3 is 1. The van der Waals surface area contributed by atoms with Gasteiger partial charge in [-0.2, -0.15) is 17.4 Å².